The minimum atomic E-state index is -4.78. The van der Waals surface area contributed by atoms with Gasteiger partial charge in [0.2, 0.25) is 0 Å². The molecule has 0 radical (unpaired) electrons. The number of alkyl halides is 3. The van der Waals surface area contributed by atoms with Crippen LogP contribution in [0, 0.1) is 12.7 Å². The fourth-order valence-electron chi connectivity index (χ4n) is 3.81. The second-order valence-electron chi connectivity index (χ2n) is 7.78. The van der Waals surface area contributed by atoms with Crippen LogP contribution in [0.2, 0.25) is 0 Å². The number of hydrogen-bond donors (Lipinski definition) is 1. The van der Waals surface area contributed by atoms with Gasteiger partial charge in [-0.3, -0.25) is 15.0 Å². The van der Waals surface area contributed by atoms with Crippen LogP contribution in [0.5, 0.6) is 0 Å². The number of H-pyrrole nitrogens is 1. The predicted molar refractivity (Wildman–Crippen MR) is 119 cm³/mol. The topological polar surface area (TPSA) is 67.3 Å². The summed E-state index contributed by atoms with van der Waals surface area (Å²) in [6, 6.07) is 14.2. The van der Waals surface area contributed by atoms with Crippen LogP contribution >= 0.6 is 0 Å². The Labute approximate surface area is 191 Å². The first-order valence-electron chi connectivity index (χ1n) is 10.4. The summed E-state index contributed by atoms with van der Waals surface area (Å²) in [4.78, 5) is 20.9. The summed E-state index contributed by atoms with van der Waals surface area (Å²) >= 11 is 0. The second-order valence-corrected chi connectivity index (χ2v) is 7.78. The van der Waals surface area contributed by atoms with Gasteiger partial charge in [0.1, 0.15) is 11.6 Å². The van der Waals surface area contributed by atoms with Gasteiger partial charge < -0.3 is 4.98 Å². The van der Waals surface area contributed by atoms with E-state index in [0.717, 1.165) is 17.3 Å². The maximum atomic E-state index is 14.6. The first kappa shape index (κ1) is 21.7. The highest BCUT2D eigenvalue weighted by Gasteiger charge is 2.34. The van der Waals surface area contributed by atoms with Crippen LogP contribution in [0.4, 0.5) is 17.6 Å². The molecule has 0 aliphatic rings. The second kappa shape index (κ2) is 8.33. The van der Waals surface area contributed by atoms with Crippen molar-refractivity contribution in [1.82, 2.24) is 24.9 Å². The summed E-state index contributed by atoms with van der Waals surface area (Å²) in [6.45, 7) is 1.85. The third kappa shape index (κ3) is 4.12. The lowest BCUT2D eigenvalue weighted by molar-refractivity contribution is -0.140. The molecule has 0 fully saturated rings. The van der Waals surface area contributed by atoms with Crippen LogP contribution in [0.25, 0.3) is 33.7 Å². The maximum absolute atomic E-state index is 14.6. The smallest absolute Gasteiger partial charge is 0.340 e. The molecule has 1 N–H and O–H groups in total. The molecule has 5 nitrogen and oxygen atoms in total. The van der Waals surface area contributed by atoms with Gasteiger partial charge in [-0.1, -0.05) is 24.3 Å². The Morgan fingerprint density at radius 2 is 1.65 bits per heavy atom. The van der Waals surface area contributed by atoms with Crippen molar-refractivity contribution in [2.45, 2.75) is 19.5 Å². The number of pyridine rings is 1. The van der Waals surface area contributed by atoms with Crippen molar-refractivity contribution in [3.63, 3.8) is 0 Å². The van der Waals surface area contributed by atoms with Crippen LogP contribution in [-0.4, -0.2) is 24.9 Å². The molecule has 5 aromatic rings. The number of halogens is 4. The summed E-state index contributed by atoms with van der Waals surface area (Å²) in [7, 11) is 0. The molecule has 5 rings (SSSR count). The van der Waals surface area contributed by atoms with E-state index >= 15 is 0 Å². The van der Waals surface area contributed by atoms with Gasteiger partial charge in [-0.2, -0.15) is 13.2 Å². The molecule has 0 saturated carbocycles. The summed E-state index contributed by atoms with van der Waals surface area (Å²) in [5.41, 5.74) is 3.19. The summed E-state index contributed by atoms with van der Waals surface area (Å²) in [6.07, 6.45) is -1.75. The lowest BCUT2D eigenvalue weighted by Crippen LogP contribution is -2.10. The zero-order valence-corrected chi connectivity index (χ0v) is 17.9. The van der Waals surface area contributed by atoms with Crippen LogP contribution < -0.4 is 0 Å². The average molecular weight is 463 g/mol. The third-order valence-electron chi connectivity index (χ3n) is 5.38. The number of imidazole rings is 1. The normalized spacial score (nSPS) is 11.8. The average Bonchev–Trinajstić information content (AvgIpc) is 3.23. The van der Waals surface area contributed by atoms with E-state index in [0.29, 0.717) is 33.9 Å². The zero-order chi connectivity index (χ0) is 23.9. The van der Waals surface area contributed by atoms with Crippen molar-refractivity contribution in [1.29, 1.82) is 0 Å². The number of hydrogen-bond acceptors (Lipinski definition) is 4. The molecule has 34 heavy (non-hydrogen) atoms. The summed E-state index contributed by atoms with van der Waals surface area (Å²) in [5.74, 6) is -0.991. The SMILES string of the molecule is Cc1cccc(-c2[nH]c(Cc3cccc(C(F)(F)F)c3F)nc2-c2ccc3nccnc3c2)n1. The minimum Gasteiger partial charge on any atom is -0.340 e. The van der Waals surface area contributed by atoms with E-state index in [-0.39, 0.29) is 12.0 Å². The number of fused-ring (bicyclic) bond motifs is 1. The van der Waals surface area contributed by atoms with Gasteiger partial charge in [0.05, 0.1) is 33.7 Å². The van der Waals surface area contributed by atoms with Crippen molar-refractivity contribution in [3.8, 4) is 22.6 Å². The number of nitrogens with zero attached hydrogens (tertiary/aromatic N) is 4. The van der Waals surface area contributed by atoms with E-state index in [1.807, 2.05) is 37.3 Å². The van der Waals surface area contributed by atoms with Gasteiger partial charge in [-0.25, -0.2) is 9.37 Å². The van der Waals surface area contributed by atoms with Gasteiger partial charge in [0.15, 0.2) is 0 Å². The van der Waals surface area contributed by atoms with Crippen LogP contribution in [0.15, 0.2) is 67.0 Å². The summed E-state index contributed by atoms with van der Waals surface area (Å²) < 4.78 is 54.1. The molecule has 0 unspecified atom stereocenters. The highest BCUT2D eigenvalue weighted by Crippen LogP contribution is 2.34. The predicted octanol–water partition coefficient (Wildman–Crippen LogP) is 6.14. The van der Waals surface area contributed by atoms with Gasteiger partial charge in [0, 0.05) is 30.1 Å². The van der Waals surface area contributed by atoms with E-state index < -0.39 is 17.6 Å². The van der Waals surface area contributed by atoms with Gasteiger partial charge in [-0.15, -0.1) is 0 Å². The molecule has 0 amide bonds. The van der Waals surface area contributed by atoms with Gasteiger partial charge >= 0.3 is 6.18 Å². The molecule has 3 heterocycles. The number of rotatable bonds is 4. The molecule has 3 aromatic heterocycles. The highest BCUT2D eigenvalue weighted by molar-refractivity contribution is 5.84. The molecule has 2 aromatic carbocycles. The number of nitrogens with one attached hydrogen (secondary N) is 1. The van der Waals surface area contributed by atoms with Gasteiger partial charge in [-0.05, 0) is 42.8 Å². The van der Waals surface area contributed by atoms with Crippen LogP contribution in [0.1, 0.15) is 22.6 Å². The fourth-order valence-corrected chi connectivity index (χ4v) is 3.81. The van der Waals surface area contributed by atoms with Gasteiger partial charge in [0.25, 0.3) is 0 Å². The van der Waals surface area contributed by atoms with Crippen LogP contribution in [0.3, 0.4) is 0 Å². The lowest BCUT2D eigenvalue weighted by Gasteiger charge is -2.10. The van der Waals surface area contributed by atoms with E-state index in [1.54, 1.807) is 18.5 Å². The minimum absolute atomic E-state index is 0.108. The number of aromatic nitrogens is 5. The van der Waals surface area contributed by atoms with E-state index in [1.165, 1.54) is 12.1 Å². The van der Waals surface area contributed by atoms with E-state index in [2.05, 4.69) is 24.9 Å². The summed E-state index contributed by atoms with van der Waals surface area (Å²) in [5, 5.41) is 0. The van der Waals surface area contributed by atoms with E-state index in [4.69, 9.17) is 0 Å². The first-order valence-corrected chi connectivity index (χ1v) is 10.4. The quantitative estimate of drug-likeness (QED) is 0.325. The lowest BCUT2D eigenvalue weighted by atomic mass is 10.1. The Morgan fingerprint density at radius 1 is 0.882 bits per heavy atom. The molecule has 0 saturated heterocycles. The monoisotopic (exact) mass is 463 g/mol. The van der Waals surface area contributed by atoms with Crippen molar-refractivity contribution < 1.29 is 17.6 Å². The molecule has 0 aliphatic carbocycles. The Hall–Kier alpha value is -4.14. The van der Waals surface area contributed by atoms with Crippen molar-refractivity contribution in [3.05, 3.63) is 95.5 Å². The van der Waals surface area contributed by atoms with Crippen LogP contribution in [-0.2, 0) is 12.6 Å². The molecular weight excluding hydrogens is 446 g/mol. The van der Waals surface area contributed by atoms with Crippen molar-refractivity contribution >= 4 is 11.0 Å². The number of aryl methyl sites for hydroxylation is 1. The molecule has 0 aliphatic heterocycles. The molecule has 0 atom stereocenters. The van der Waals surface area contributed by atoms with Crippen molar-refractivity contribution in [2.24, 2.45) is 0 Å². The zero-order valence-electron chi connectivity index (χ0n) is 17.9. The maximum Gasteiger partial charge on any atom is 0.419 e. The largest absolute Gasteiger partial charge is 0.419 e. The molecule has 9 heteroatoms. The standard InChI is InChI=1S/C25H17F4N5/c1-14-4-2-7-19(32-14)24-23(16-8-9-18-20(12-16)31-11-10-30-18)33-21(34-24)13-15-5-3-6-17(22(15)26)25(27,28)29/h2-12H,13H2,1H3,(H,33,34). The molecule has 0 spiro atoms. The Balaban J connectivity index is 1.63. The molecule has 0 bridgehead atoms. The molecular formula is C25H17F4N5. The highest BCUT2D eigenvalue weighted by atomic mass is 19.4. The van der Waals surface area contributed by atoms with E-state index in [9.17, 15) is 17.6 Å². The first-order chi connectivity index (χ1) is 16.3. The Morgan fingerprint density at radius 3 is 2.41 bits per heavy atom. The third-order valence-corrected chi connectivity index (χ3v) is 5.38. The van der Waals surface area contributed by atoms with Crippen molar-refractivity contribution in [2.75, 3.05) is 0 Å². The number of benzene rings is 2. The number of aromatic amines is 1. The fraction of sp³-hybridized carbons (Fsp3) is 0.120. The Kier molecular flexibility index (Phi) is 5.31. The Bertz CT molecular complexity index is 1510. The molecule has 170 valence electrons.